The van der Waals surface area contributed by atoms with Gasteiger partial charge >= 0.3 is 0 Å². The summed E-state index contributed by atoms with van der Waals surface area (Å²) in [6.07, 6.45) is 5.74. The molecular weight excluding hydrogens is 134 g/mol. The third-order valence-corrected chi connectivity index (χ3v) is 3.24. The van der Waals surface area contributed by atoms with Crippen molar-refractivity contribution >= 4 is 0 Å². The van der Waals surface area contributed by atoms with E-state index >= 15 is 0 Å². The summed E-state index contributed by atoms with van der Waals surface area (Å²) in [6, 6.07) is 0. The molecule has 1 heterocycles. The quantitative estimate of drug-likeness (QED) is 0.567. The van der Waals surface area contributed by atoms with Crippen molar-refractivity contribution in [3.8, 4) is 0 Å². The van der Waals surface area contributed by atoms with Gasteiger partial charge in [0.2, 0.25) is 0 Å². The van der Waals surface area contributed by atoms with Crippen LogP contribution in [0.25, 0.3) is 0 Å². The molecule has 1 N–H and O–H groups in total. The van der Waals surface area contributed by atoms with Gasteiger partial charge in [0, 0.05) is 5.54 Å². The predicted octanol–water partition coefficient (Wildman–Crippen LogP) is 2.56. The molecule has 2 rings (SSSR count). The van der Waals surface area contributed by atoms with E-state index in [2.05, 4.69) is 12.2 Å². The lowest BCUT2D eigenvalue weighted by atomic mass is 9.67. The van der Waals surface area contributed by atoms with Gasteiger partial charge in [-0.3, -0.25) is 0 Å². The molecule has 0 aromatic heterocycles. The predicted molar refractivity (Wildman–Crippen MR) is 49.7 cm³/mol. The lowest BCUT2D eigenvalue weighted by molar-refractivity contribution is 0.120. The van der Waals surface area contributed by atoms with E-state index in [0.29, 0.717) is 5.54 Å². The number of nitrogens with one attached hydrogen (secondary N) is 1. The number of hydrogen-bond acceptors (Lipinski definition) is 1. The summed E-state index contributed by atoms with van der Waals surface area (Å²) >= 11 is 0. The van der Waals surface area contributed by atoms with Gasteiger partial charge in [0.1, 0.15) is 0 Å². The lowest BCUT2D eigenvalue weighted by Gasteiger charge is -2.45. The summed E-state index contributed by atoms with van der Waals surface area (Å²) in [7, 11) is 0. The second-order valence-electron chi connectivity index (χ2n) is 3.63. The molecule has 11 heavy (non-hydrogen) atoms. The molecule has 1 spiro atoms. The second kappa shape index (κ2) is 3.57. The molecule has 1 saturated heterocycles. The van der Waals surface area contributed by atoms with E-state index in [1.807, 2.05) is 13.8 Å². The van der Waals surface area contributed by atoms with Gasteiger partial charge in [0.05, 0.1) is 0 Å². The smallest absolute Gasteiger partial charge is 0.0207 e. The highest BCUT2D eigenvalue weighted by Crippen LogP contribution is 2.43. The average molecular weight is 155 g/mol. The lowest BCUT2D eigenvalue weighted by Crippen LogP contribution is -2.53. The van der Waals surface area contributed by atoms with Crippen LogP contribution in [0.2, 0.25) is 0 Å². The second-order valence-corrected chi connectivity index (χ2v) is 3.63. The maximum atomic E-state index is 3.62. The molecule has 1 saturated carbocycles. The Kier molecular flexibility index (Phi) is 2.94. The molecule has 2 fully saturated rings. The topological polar surface area (TPSA) is 12.0 Å². The monoisotopic (exact) mass is 155 g/mol. The van der Waals surface area contributed by atoms with Gasteiger partial charge in [-0.1, -0.05) is 20.8 Å². The van der Waals surface area contributed by atoms with Gasteiger partial charge in [-0.05, 0) is 38.1 Å². The fourth-order valence-electron chi connectivity index (χ4n) is 2.25. The van der Waals surface area contributed by atoms with Crippen LogP contribution in [0.4, 0.5) is 0 Å². The van der Waals surface area contributed by atoms with E-state index in [1.165, 1.54) is 32.2 Å². The van der Waals surface area contributed by atoms with Crippen molar-refractivity contribution in [1.29, 1.82) is 0 Å². The third-order valence-electron chi connectivity index (χ3n) is 3.24. The van der Waals surface area contributed by atoms with E-state index in [4.69, 9.17) is 0 Å². The number of hydrogen-bond donors (Lipinski definition) is 1. The summed E-state index contributed by atoms with van der Waals surface area (Å²) < 4.78 is 0. The summed E-state index contributed by atoms with van der Waals surface area (Å²) in [5.74, 6) is 0.958. The molecule has 66 valence electrons. The van der Waals surface area contributed by atoms with Gasteiger partial charge in [-0.2, -0.15) is 0 Å². The fraction of sp³-hybridized carbons (Fsp3) is 1.00. The van der Waals surface area contributed by atoms with Gasteiger partial charge in [0.15, 0.2) is 0 Å². The molecule has 2 atom stereocenters. The molecule has 1 aliphatic carbocycles. The Labute approximate surface area is 70.6 Å². The van der Waals surface area contributed by atoms with Crippen LogP contribution in [0.15, 0.2) is 0 Å². The average Bonchev–Trinajstić information content (AvgIpc) is 2.56. The van der Waals surface area contributed by atoms with E-state index in [-0.39, 0.29) is 0 Å². The van der Waals surface area contributed by atoms with Crippen LogP contribution in [-0.2, 0) is 0 Å². The molecule has 2 aliphatic rings. The molecule has 0 aromatic rings. The Morgan fingerprint density at radius 2 is 2.00 bits per heavy atom. The van der Waals surface area contributed by atoms with Crippen LogP contribution in [0, 0.1) is 5.92 Å². The van der Waals surface area contributed by atoms with Crippen LogP contribution in [0.5, 0.6) is 0 Å². The molecule has 0 amide bonds. The molecule has 1 heteroatoms. The first-order chi connectivity index (χ1) is 5.33. The van der Waals surface area contributed by atoms with E-state index in [1.54, 1.807) is 0 Å². The largest absolute Gasteiger partial charge is 0.311 e. The van der Waals surface area contributed by atoms with Crippen LogP contribution < -0.4 is 5.32 Å². The van der Waals surface area contributed by atoms with Crippen LogP contribution in [-0.4, -0.2) is 12.1 Å². The molecule has 0 radical (unpaired) electrons. The Hall–Kier alpha value is -0.0400. The van der Waals surface area contributed by atoms with Gasteiger partial charge < -0.3 is 5.32 Å². The molecule has 0 aromatic carbocycles. The first kappa shape index (κ1) is 9.05. The van der Waals surface area contributed by atoms with Crippen LogP contribution in [0.3, 0.4) is 0 Å². The van der Waals surface area contributed by atoms with Crippen molar-refractivity contribution in [2.45, 2.75) is 52.0 Å². The molecule has 1 aliphatic heterocycles. The summed E-state index contributed by atoms with van der Waals surface area (Å²) in [4.78, 5) is 0. The minimum atomic E-state index is 0.625. The van der Waals surface area contributed by atoms with Crippen LogP contribution >= 0.6 is 0 Å². The maximum Gasteiger partial charge on any atom is 0.0207 e. The molecular formula is C10H21N. The zero-order chi connectivity index (χ0) is 8.32. The standard InChI is InChI=1S/C8H15N.C2H6/c1-7-3-5-8(7)4-2-6-9-8;1-2/h7,9H,2-6H2,1H3;1-2H3. The summed E-state index contributed by atoms with van der Waals surface area (Å²) in [6.45, 7) is 7.64. The number of rotatable bonds is 0. The highest BCUT2D eigenvalue weighted by Gasteiger charge is 2.45. The first-order valence-electron chi connectivity index (χ1n) is 5.08. The van der Waals surface area contributed by atoms with Crippen molar-refractivity contribution in [3.63, 3.8) is 0 Å². The van der Waals surface area contributed by atoms with Crippen molar-refractivity contribution in [2.24, 2.45) is 5.92 Å². The van der Waals surface area contributed by atoms with Gasteiger partial charge in [0.25, 0.3) is 0 Å². The molecule has 1 nitrogen and oxygen atoms in total. The van der Waals surface area contributed by atoms with Crippen LogP contribution in [0.1, 0.15) is 46.5 Å². The van der Waals surface area contributed by atoms with Crippen molar-refractivity contribution in [1.82, 2.24) is 5.32 Å². The Morgan fingerprint density at radius 3 is 2.18 bits per heavy atom. The van der Waals surface area contributed by atoms with Gasteiger partial charge in [-0.15, -0.1) is 0 Å². The van der Waals surface area contributed by atoms with E-state index in [9.17, 15) is 0 Å². The van der Waals surface area contributed by atoms with Crippen molar-refractivity contribution < 1.29 is 0 Å². The fourth-order valence-corrected chi connectivity index (χ4v) is 2.25. The molecule has 2 unspecified atom stereocenters. The minimum absolute atomic E-state index is 0.625. The van der Waals surface area contributed by atoms with E-state index in [0.717, 1.165) is 5.92 Å². The highest BCUT2D eigenvalue weighted by molar-refractivity contribution is 5.03. The summed E-state index contributed by atoms with van der Waals surface area (Å²) in [5, 5.41) is 3.62. The SMILES string of the molecule is CC.CC1CCC12CCCN2. The third kappa shape index (κ3) is 1.44. The van der Waals surface area contributed by atoms with E-state index < -0.39 is 0 Å². The maximum absolute atomic E-state index is 3.62. The minimum Gasteiger partial charge on any atom is -0.311 e. The van der Waals surface area contributed by atoms with Gasteiger partial charge in [-0.25, -0.2) is 0 Å². The van der Waals surface area contributed by atoms with Crippen molar-refractivity contribution in [2.75, 3.05) is 6.54 Å². The first-order valence-corrected chi connectivity index (χ1v) is 5.08. The summed E-state index contributed by atoms with van der Waals surface area (Å²) in [5.41, 5.74) is 0.625. The highest BCUT2D eigenvalue weighted by atomic mass is 15.0. The zero-order valence-corrected chi connectivity index (χ0v) is 8.11. The zero-order valence-electron chi connectivity index (χ0n) is 8.11. The van der Waals surface area contributed by atoms with Crippen molar-refractivity contribution in [3.05, 3.63) is 0 Å². The Balaban J connectivity index is 0.000000281. The molecule has 0 bridgehead atoms. The Bertz CT molecular complexity index is 114. The Morgan fingerprint density at radius 1 is 1.27 bits per heavy atom. The normalized spacial score (nSPS) is 41.2.